The van der Waals surface area contributed by atoms with Crippen molar-refractivity contribution < 1.29 is 14.3 Å². The maximum Gasteiger partial charge on any atom is 0.311 e. The Labute approximate surface area is 152 Å². The van der Waals surface area contributed by atoms with Gasteiger partial charge in [-0.15, -0.1) is 0 Å². The smallest absolute Gasteiger partial charge is 0.311 e. The number of rotatable bonds is 5. The van der Waals surface area contributed by atoms with Gasteiger partial charge in [0.1, 0.15) is 11.4 Å². The molecule has 0 aliphatic carbocycles. The Morgan fingerprint density at radius 3 is 2.88 bits per heavy atom. The molecule has 1 atom stereocenters. The Morgan fingerprint density at radius 1 is 1.23 bits per heavy atom. The van der Waals surface area contributed by atoms with Crippen molar-refractivity contribution in [1.82, 2.24) is 4.98 Å². The molecule has 0 bridgehead atoms. The van der Waals surface area contributed by atoms with Gasteiger partial charge in [-0.05, 0) is 43.4 Å². The first kappa shape index (κ1) is 16.6. The van der Waals surface area contributed by atoms with Crippen LogP contribution in [0.4, 0.5) is 5.82 Å². The molecule has 134 valence electrons. The zero-order valence-corrected chi connectivity index (χ0v) is 14.6. The van der Waals surface area contributed by atoms with Crippen LogP contribution in [0, 0.1) is 5.41 Å². The average Bonchev–Trinajstić information content (AvgIpc) is 3.16. The summed E-state index contributed by atoms with van der Waals surface area (Å²) in [5.74, 6) is 0.110. The van der Waals surface area contributed by atoms with E-state index >= 15 is 0 Å². The maximum absolute atomic E-state index is 12.2. The number of carbonyl (C=O) groups is 1. The molecule has 3 heterocycles. The Bertz CT molecular complexity index is 906. The average molecular weight is 350 g/mol. The molecule has 0 saturated carbocycles. The zero-order chi connectivity index (χ0) is 18.0. The minimum absolute atomic E-state index is 0.479. The molecule has 5 heteroatoms. The molecule has 0 unspecified atom stereocenters. The van der Waals surface area contributed by atoms with Gasteiger partial charge in [-0.25, -0.2) is 4.98 Å². The highest BCUT2D eigenvalue weighted by Gasteiger charge is 2.42. The lowest BCUT2D eigenvalue weighted by Crippen LogP contribution is -2.48. The monoisotopic (exact) mass is 350 g/mol. The molecule has 0 spiro atoms. The lowest BCUT2D eigenvalue weighted by atomic mass is 9.75. The normalized spacial score (nSPS) is 20.4. The third-order valence-electron chi connectivity index (χ3n) is 5.42. The van der Waals surface area contributed by atoms with Gasteiger partial charge in [0, 0.05) is 19.3 Å². The van der Waals surface area contributed by atoms with Gasteiger partial charge in [0.2, 0.25) is 0 Å². The van der Waals surface area contributed by atoms with E-state index in [1.54, 1.807) is 12.5 Å². The van der Waals surface area contributed by atoms with Crippen LogP contribution in [-0.4, -0.2) is 29.1 Å². The number of hydrogen-bond acceptors (Lipinski definition) is 4. The number of pyridine rings is 1. The fourth-order valence-electron chi connectivity index (χ4n) is 3.96. The third-order valence-corrected chi connectivity index (χ3v) is 5.42. The SMILES string of the molecule is O=C(O)[C@@]1(CCc2ccccc2)CCCN(c2nccc3occc23)C1. The van der Waals surface area contributed by atoms with Crippen molar-refractivity contribution in [3.05, 3.63) is 60.5 Å². The lowest BCUT2D eigenvalue weighted by Gasteiger charge is -2.40. The Hall–Kier alpha value is -2.82. The van der Waals surface area contributed by atoms with Crippen molar-refractivity contribution in [1.29, 1.82) is 0 Å². The first-order chi connectivity index (χ1) is 12.7. The third kappa shape index (κ3) is 3.05. The predicted molar refractivity (Wildman–Crippen MR) is 100 cm³/mol. The summed E-state index contributed by atoms with van der Waals surface area (Å²) >= 11 is 0. The number of carboxylic acid groups (broad SMARTS) is 1. The number of benzene rings is 1. The Kier molecular flexibility index (Phi) is 4.37. The predicted octanol–water partition coefficient (Wildman–Crippen LogP) is 4.13. The second-order valence-electron chi connectivity index (χ2n) is 7.06. The van der Waals surface area contributed by atoms with Crippen LogP contribution in [0.5, 0.6) is 0 Å². The largest absolute Gasteiger partial charge is 0.481 e. The number of furan rings is 1. The second-order valence-corrected chi connectivity index (χ2v) is 7.06. The topological polar surface area (TPSA) is 66.6 Å². The summed E-state index contributed by atoms with van der Waals surface area (Å²) in [5, 5.41) is 11.0. The van der Waals surface area contributed by atoms with E-state index in [2.05, 4.69) is 22.0 Å². The summed E-state index contributed by atoms with van der Waals surface area (Å²) in [6.45, 7) is 1.30. The lowest BCUT2D eigenvalue weighted by molar-refractivity contribution is -0.150. The molecular weight excluding hydrogens is 328 g/mol. The van der Waals surface area contributed by atoms with Crippen molar-refractivity contribution in [2.24, 2.45) is 5.41 Å². The van der Waals surface area contributed by atoms with Gasteiger partial charge in [0.25, 0.3) is 0 Å². The molecule has 1 fully saturated rings. The molecule has 0 amide bonds. The molecular formula is C21H22N2O3. The Balaban J connectivity index is 1.60. The van der Waals surface area contributed by atoms with Crippen molar-refractivity contribution in [2.75, 3.05) is 18.0 Å². The van der Waals surface area contributed by atoms with Crippen LogP contribution in [-0.2, 0) is 11.2 Å². The van der Waals surface area contributed by atoms with E-state index in [-0.39, 0.29) is 0 Å². The number of hydrogen-bond donors (Lipinski definition) is 1. The summed E-state index contributed by atoms with van der Waals surface area (Å²) < 4.78 is 5.47. The molecule has 1 aliphatic rings. The van der Waals surface area contributed by atoms with Crippen molar-refractivity contribution in [2.45, 2.75) is 25.7 Å². The van der Waals surface area contributed by atoms with Gasteiger partial charge >= 0.3 is 5.97 Å². The second kappa shape index (κ2) is 6.83. The van der Waals surface area contributed by atoms with E-state index in [0.29, 0.717) is 19.4 Å². The number of aryl methyl sites for hydroxylation is 1. The van der Waals surface area contributed by atoms with Crippen molar-refractivity contribution in [3.8, 4) is 0 Å². The van der Waals surface area contributed by atoms with Gasteiger partial charge in [-0.3, -0.25) is 4.79 Å². The summed E-state index contributed by atoms with van der Waals surface area (Å²) in [4.78, 5) is 18.9. The minimum Gasteiger partial charge on any atom is -0.481 e. The molecule has 1 aromatic carbocycles. The number of anilines is 1. The summed E-state index contributed by atoms with van der Waals surface area (Å²) in [7, 11) is 0. The van der Waals surface area contributed by atoms with Crippen LogP contribution in [0.2, 0.25) is 0 Å². The summed E-state index contributed by atoms with van der Waals surface area (Å²) in [5.41, 5.74) is 1.22. The van der Waals surface area contributed by atoms with E-state index in [4.69, 9.17) is 4.42 Å². The maximum atomic E-state index is 12.2. The van der Waals surface area contributed by atoms with E-state index in [1.807, 2.05) is 30.3 Å². The fraction of sp³-hybridized carbons (Fsp3) is 0.333. The summed E-state index contributed by atoms with van der Waals surface area (Å²) in [6.07, 6.45) is 6.32. The zero-order valence-electron chi connectivity index (χ0n) is 14.6. The number of fused-ring (bicyclic) bond motifs is 1. The molecule has 0 radical (unpaired) electrons. The van der Waals surface area contributed by atoms with Gasteiger partial charge < -0.3 is 14.4 Å². The van der Waals surface area contributed by atoms with E-state index < -0.39 is 11.4 Å². The van der Waals surface area contributed by atoms with E-state index in [1.165, 1.54) is 5.56 Å². The van der Waals surface area contributed by atoms with E-state index in [9.17, 15) is 9.90 Å². The highest BCUT2D eigenvalue weighted by molar-refractivity contribution is 5.89. The number of nitrogens with zero attached hydrogens (tertiary/aromatic N) is 2. The molecule has 1 saturated heterocycles. The molecule has 5 nitrogen and oxygen atoms in total. The fourth-order valence-corrected chi connectivity index (χ4v) is 3.96. The van der Waals surface area contributed by atoms with Gasteiger partial charge in [0.05, 0.1) is 17.1 Å². The molecule has 26 heavy (non-hydrogen) atoms. The number of aliphatic carboxylic acids is 1. The van der Waals surface area contributed by atoms with Crippen LogP contribution in [0.15, 0.2) is 59.3 Å². The molecule has 3 aromatic rings. The Morgan fingerprint density at radius 2 is 2.08 bits per heavy atom. The number of carboxylic acids is 1. The molecule has 4 rings (SSSR count). The van der Waals surface area contributed by atoms with Crippen molar-refractivity contribution >= 4 is 22.8 Å². The minimum atomic E-state index is -0.748. The number of aromatic nitrogens is 1. The standard InChI is InChI=1S/C21H22N2O3/c24-20(25)21(11-7-16-5-2-1-3-6-16)10-4-13-23(15-21)19-17-9-14-26-18(17)8-12-22-19/h1-3,5-6,8-9,12,14H,4,7,10-11,13,15H2,(H,24,25)/t21-/m1/s1. The van der Waals surface area contributed by atoms with Crippen LogP contribution in [0.25, 0.3) is 11.0 Å². The van der Waals surface area contributed by atoms with Gasteiger partial charge in [-0.1, -0.05) is 30.3 Å². The van der Waals surface area contributed by atoms with Crippen LogP contribution in [0.1, 0.15) is 24.8 Å². The van der Waals surface area contributed by atoms with Crippen LogP contribution in [0.3, 0.4) is 0 Å². The number of piperidine rings is 1. The molecule has 2 aromatic heterocycles. The van der Waals surface area contributed by atoms with Crippen LogP contribution < -0.4 is 4.90 Å². The first-order valence-corrected chi connectivity index (χ1v) is 9.02. The highest BCUT2D eigenvalue weighted by atomic mass is 16.4. The van der Waals surface area contributed by atoms with Gasteiger partial charge in [0.15, 0.2) is 0 Å². The van der Waals surface area contributed by atoms with Crippen LogP contribution >= 0.6 is 0 Å². The first-order valence-electron chi connectivity index (χ1n) is 9.02. The van der Waals surface area contributed by atoms with E-state index in [0.717, 1.165) is 36.2 Å². The molecule has 1 aliphatic heterocycles. The summed E-state index contributed by atoms with van der Waals surface area (Å²) in [6, 6.07) is 13.8. The quantitative estimate of drug-likeness (QED) is 0.749. The molecule has 1 N–H and O–H groups in total. The van der Waals surface area contributed by atoms with Crippen molar-refractivity contribution in [3.63, 3.8) is 0 Å². The van der Waals surface area contributed by atoms with Gasteiger partial charge in [-0.2, -0.15) is 0 Å². The highest BCUT2D eigenvalue weighted by Crippen LogP contribution is 2.38.